The highest BCUT2D eigenvalue weighted by atomic mass is 35.5. The van der Waals surface area contributed by atoms with Gasteiger partial charge in [0.15, 0.2) is 0 Å². The van der Waals surface area contributed by atoms with E-state index >= 15 is 0 Å². The third-order valence-corrected chi connectivity index (χ3v) is 7.25. The first kappa shape index (κ1) is 37.6. The standard InChI is InChI=1S/C25H32ClN3O2.2C2HF3O2/c1-19(2)17-31-22-6-4-3-5-21(22)16-28-12-9-25(18-28)10-13-29(14-11-25)24(30)20-7-8-23(26)27-15-20;2*3-2(4,5)1(6)7/h3-8,15,19H,9-14,16-18H2,1-2H3;2*(H,6,7). The van der Waals surface area contributed by atoms with Crippen LogP contribution in [-0.4, -0.2) is 88.0 Å². The minimum atomic E-state index is -5.08. The van der Waals surface area contributed by atoms with E-state index in [9.17, 15) is 31.1 Å². The maximum atomic E-state index is 12.8. The molecule has 0 bridgehead atoms. The molecule has 3 heterocycles. The zero-order chi connectivity index (χ0) is 34.0. The smallest absolute Gasteiger partial charge is 0.490 e. The number of carboxylic acid groups (broad SMARTS) is 2. The van der Waals surface area contributed by atoms with Gasteiger partial charge >= 0.3 is 24.3 Å². The van der Waals surface area contributed by atoms with Gasteiger partial charge in [0.05, 0.1) is 12.2 Å². The van der Waals surface area contributed by atoms with Crippen LogP contribution in [0.5, 0.6) is 5.75 Å². The molecule has 250 valence electrons. The Morgan fingerprint density at radius 2 is 1.47 bits per heavy atom. The van der Waals surface area contributed by atoms with Crippen LogP contribution in [0.4, 0.5) is 26.3 Å². The minimum absolute atomic E-state index is 0.0603. The first-order valence-corrected chi connectivity index (χ1v) is 14.1. The van der Waals surface area contributed by atoms with E-state index < -0.39 is 24.3 Å². The predicted octanol–water partition coefficient (Wildman–Crippen LogP) is 6.16. The molecule has 1 aromatic heterocycles. The number of para-hydroxylation sites is 1. The zero-order valence-electron chi connectivity index (χ0n) is 24.5. The molecular formula is C29H34ClF6N3O6. The Labute approximate surface area is 260 Å². The van der Waals surface area contributed by atoms with Crippen molar-refractivity contribution >= 4 is 29.4 Å². The highest BCUT2D eigenvalue weighted by molar-refractivity contribution is 6.29. The molecule has 2 fully saturated rings. The van der Waals surface area contributed by atoms with Crippen LogP contribution in [0.25, 0.3) is 0 Å². The predicted molar refractivity (Wildman–Crippen MR) is 151 cm³/mol. The van der Waals surface area contributed by atoms with E-state index in [1.54, 1.807) is 18.3 Å². The van der Waals surface area contributed by atoms with Gasteiger partial charge in [0.1, 0.15) is 10.9 Å². The fraction of sp³-hybridized carbons (Fsp3) is 0.517. The van der Waals surface area contributed by atoms with Gasteiger partial charge in [-0.1, -0.05) is 43.6 Å². The average Bonchev–Trinajstić information content (AvgIpc) is 3.34. The van der Waals surface area contributed by atoms with Crippen molar-refractivity contribution in [2.45, 2.75) is 52.0 Å². The number of carbonyl (C=O) groups excluding carboxylic acids is 1. The molecule has 2 aliphatic heterocycles. The Morgan fingerprint density at radius 3 is 1.96 bits per heavy atom. The number of rotatable bonds is 6. The van der Waals surface area contributed by atoms with Gasteiger partial charge in [0.25, 0.3) is 5.91 Å². The molecule has 0 saturated carbocycles. The molecule has 1 spiro atoms. The van der Waals surface area contributed by atoms with Gasteiger partial charge in [-0.15, -0.1) is 0 Å². The molecule has 16 heteroatoms. The van der Waals surface area contributed by atoms with Gasteiger partial charge in [0, 0.05) is 37.9 Å². The van der Waals surface area contributed by atoms with E-state index in [4.69, 9.17) is 36.1 Å². The summed E-state index contributed by atoms with van der Waals surface area (Å²) in [7, 11) is 0. The van der Waals surface area contributed by atoms with E-state index in [1.807, 2.05) is 11.0 Å². The molecule has 45 heavy (non-hydrogen) atoms. The number of halogens is 7. The van der Waals surface area contributed by atoms with E-state index in [0.717, 1.165) is 57.9 Å². The maximum absolute atomic E-state index is 12.8. The molecule has 2 aliphatic rings. The fourth-order valence-corrected chi connectivity index (χ4v) is 4.82. The van der Waals surface area contributed by atoms with E-state index in [1.165, 1.54) is 12.0 Å². The summed E-state index contributed by atoms with van der Waals surface area (Å²) in [5.74, 6) is -3.93. The number of carboxylic acids is 2. The summed E-state index contributed by atoms with van der Waals surface area (Å²) in [4.78, 5) is 39.1. The van der Waals surface area contributed by atoms with Gasteiger partial charge in [-0.3, -0.25) is 9.69 Å². The Hall–Kier alpha value is -3.59. The highest BCUT2D eigenvalue weighted by Crippen LogP contribution is 2.41. The van der Waals surface area contributed by atoms with Crippen molar-refractivity contribution in [1.82, 2.24) is 14.8 Å². The SMILES string of the molecule is CC(C)COc1ccccc1CN1CCC2(CCN(C(=O)c3ccc(Cl)nc3)CC2)C1.O=C(O)C(F)(F)F.O=C(O)C(F)(F)F. The van der Waals surface area contributed by atoms with Gasteiger partial charge < -0.3 is 19.8 Å². The molecule has 4 rings (SSSR count). The van der Waals surface area contributed by atoms with Crippen LogP contribution in [0.3, 0.4) is 0 Å². The van der Waals surface area contributed by atoms with Gasteiger partial charge in [0.2, 0.25) is 0 Å². The van der Waals surface area contributed by atoms with Crippen LogP contribution in [0.1, 0.15) is 49.0 Å². The number of benzene rings is 1. The molecule has 2 aromatic rings. The van der Waals surface area contributed by atoms with Crippen molar-refractivity contribution in [3.8, 4) is 5.75 Å². The summed E-state index contributed by atoms with van der Waals surface area (Å²) in [6.45, 7) is 9.83. The largest absolute Gasteiger partial charge is 0.493 e. The van der Waals surface area contributed by atoms with Crippen LogP contribution in [0.15, 0.2) is 42.6 Å². The summed E-state index contributed by atoms with van der Waals surface area (Å²) in [6.07, 6.45) is -5.28. The number of hydrogen-bond acceptors (Lipinski definition) is 6. The Morgan fingerprint density at radius 1 is 0.933 bits per heavy atom. The number of carbonyl (C=O) groups is 3. The Kier molecular flexibility index (Phi) is 13.5. The summed E-state index contributed by atoms with van der Waals surface area (Å²) < 4.78 is 69.5. The summed E-state index contributed by atoms with van der Waals surface area (Å²) >= 11 is 5.85. The number of amides is 1. The quantitative estimate of drug-likeness (QED) is 0.277. The van der Waals surface area contributed by atoms with Gasteiger partial charge in [-0.2, -0.15) is 26.3 Å². The zero-order valence-corrected chi connectivity index (χ0v) is 25.3. The average molecular weight is 670 g/mol. The van der Waals surface area contributed by atoms with Crippen molar-refractivity contribution < 1.29 is 55.7 Å². The first-order valence-electron chi connectivity index (χ1n) is 13.8. The lowest BCUT2D eigenvalue weighted by Crippen LogP contribution is -2.44. The second kappa shape index (κ2) is 16.1. The third-order valence-electron chi connectivity index (χ3n) is 7.03. The second-order valence-electron chi connectivity index (χ2n) is 11.0. The third kappa shape index (κ3) is 12.4. The van der Waals surface area contributed by atoms with Crippen molar-refractivity contribution in [2.24, 2.45) is 11.3 Å². The van der Waals surface area contributed by atoms with Crippen LogP contribution in [0, 0.1) is 11.3 Å². The fourth-order valence-electron chi connectivity index (χ4n) is 4.71. The normalized spacial score (nSPS) is 16.4. The number of alkyl halides is 6. The second-order valence-corrected chi connectivity index (χ2v) is 11.4. The number of ether oxygens (including phenoxy) is 1. The van der Waals surface area contributed by atoms with Crippen LogP contribution in [0.2, 0.25) is 5.15 Å². The molecule has 0 radical (unpaired) electrons. The molecular weight excluding hydrogens is 636 g/mol. The number of piperidine rings is 1. The molecule has 1 aromatic carbocycles. The van der Waals surface area contributed by atoms with E-state index in [0.29, 0.717) is 22.0 Å². The van der Waals surface area contributed by atoms with Crippen LogP contribution < -0.4 is 4.74 Å². The van der Waals surface area contributed by atoms with Crippen molar-refractivity contribution in [3.05, 3.63) is 58.9 Å². The summed E-state index contributed by atoms with van der Waals surface area (Å²) in [5.41, 5.74) is 2.21. The number of nitrogens with zero attached hydrogens (tertiary/aromatic N) is 3. The summed E-state index contributed by atoms with van der Waals surface area (Å²) in [6, 6.07) is 11.9. The lowest BCUT2D eigenvalue weighted by molar-refractivity contribution is -0.193. The number of aromatic nitrogens is 1. The van der Waals surface area contributed by atoms with Gasteiger partial charge in [-0.05, 0) is 55.3 Å². The highest BCUT2D eigenvalue weighted by Gasteiger charge is 2.42. The minimum Gasteiger partial charge on any atom is -0.493 e. The molecule has 0 unspecified atom stereocenters. The Bertz CT molecular complexity index is 1260. The van der Waals surface area contributed by atoms with Gasteiger partial charge in [-0.25, -0.2) is 14.6 Å². The van der Waals surface area contributed by atoms with E-state index in [-0.39, 0.29) is 5.91 Å². The maximum Gasteiger partial charge on any atom is 0.490 e. The lowest BCUT2D eigenvalue weighted by atomic mass is 9.77. The molecule has 0 aliphatic carbocycles. The number of hydrogen-bond donors (Lipinski definition) is 2. The number of likely N-dealkylation sites (tertiary alicyclic amines) is 2. The number of aliphatic carboxylic acids is 2. The number of pyridine rings is 1. The topological polar surface area (TPSA) is 120 Å². The molecule has 2 saturated heterocycles. The molecule has 1 amide bonds. The van der Waals surface area contributed by atoms with Crippen molar-refractivity contribution in [3.63, 3.8) is 0 Å². The van der Waals surface area contributed by atoms with E-state index in [2.05, 4.69) is 41.9 Å². The van der Waals surface area contributed by atoms with Crippen molar-refractivity contribution in [2.75, 3.05) is 32.8 Å². The van der Waals surface area contributed by atoms with Crippen LogP contribution >= 0.6 is 11.6 Å². The molecule has 2 N–H and O–H groups in total. The Balaban J connectivity index is 0.000000421. The molecule has 0 atom stereocenters. The first-order chi connectivity index (χ1) is 20.8. The van der Waals surface area contributed by atoms with Crippen molar-refractivity contribution in [1.29, 1.82) is 0 Å². The summed E-state index contributed by atoms with van der Waals surface area (Å²) in [5, 5.41) is 14.7. The lowest BCUT2D eigenvalue weighted by Gasteiger charge is -2.39. The monoisotopic (exact) mass is 669 g/mol. The van der Waals surface area contributed by atoms with Crippen LogP contribution in [-0.2, 0) is 16.1 Å². The molecule has 9 nitrogen and oxygen atoms in total.